The molecule has 1 unspecified atom stereocenters. The van der Waals surface area contributed by atoms with E-state index in [1.165, 1.54) is 36.8 Å². The van der Waals surface area contributed by atoms with E-state index >= 15 is 0 Å². The van der Waals surface area contributed by atoms with E-state index in [1.807, 2.05) is 36.4 Å². The third kappa shape index (κ3) is 11.1. The molecule has 0 spiro atoms. The van der Waals surface area contributed by atoms with Gasteiger partial charge in [-0.3, -0.25) is 5.43 Å². The van der Waals surface area contributed by atoms with Crippen LogP contribution >= 0.6 is 24.8 Å². The van der Waals surface area contributed by atoms with Gasteiger partial charge in [-0.05, 0) is 72.6 Å². The van der Waals surface area contributed by atoms with Crippen molar-refractivity contribution in [3.05, 3.63) is 119 Å². The van der Waals surface area contributed by atoms with Crippen LogP contribution in [-0.2, 0) is 32.5 Å². The molecule has 8 heteroatoms. The smallest absolute Gasteiger partial charge is 0.165 e. The number of hydrogen-bond acceptors (Lipinski definition) is 6. The molecular weight excluding hydrogens is 631 g/mol. The minimum Gasteiger partial charge on any atom is -0.504 e. The van der Waals surface area contributed by atoms with Crippen molar-refractivity contribution in [1.82, 2.24) is 10.4 Å². The van der Waals surface area contributed by atoms with Crippen molar-refractivity contribution in [3.8, 4) is 23.0 Å². The van der Waals surface area contributed by atoms with E-state index in [4.69, 9.17) is 14.2 Å². The van der Waals surface area contributed by atoms with E-state index in [9.17, 15) is 5.11 Å². The van der Waals surface area contributed by atoms with Crippen molar-refractivity contribution in [2.75, 3.05) is 20.2 Å². The van der Waals surface area contributed by atoms with Crippen molar-refractivity contribution in [2.45, 2.75) is 77.5 Å². The molecule has 4 aromatic carbocycles. The highest BCUT2D eigenvalue weighted by atomic mass is 35.5. The molecule has 1 atom stereocenters. The summed E-state index contributed by atoms with van der Waals surface area (Å²) < 4.78 is 18.2. The largest absolute Gasteiger partial charge is 0.504 e. The highest BCUT2D eigenvalue weighted by Crippen LogP contribution is 2.39. The molecule has 1 aliphatic rings. The van der Waals surface area contributed by atoms with Crippen LogP contribution in [0.2, 0.25) is 0 Å². The van der Waals surface area contributed by atoms with Crippen LogP contribution in [0.5, 0.6) is 23.0 Å². The first-order valence-corrected chi connectivity index (χ1v) is 16.5. The van der Waals surface area contributed by atoms with Gasteiger partial charge < -0.3 is 19.3 Å². The van der Waals surface area contributed by atoms with E-state index in [2.05, 4.69) is 65.9 Å². The molecule has 0 aliphatic heterocycles. The fraction of sp³-hybridized carbons (Fsp3) is 0.385. The molecule has 0 saturated carbocycles. The van der Waals surface area contributed by atoms with E-state index in [0.29, 0.717) is 25.0 Å². The van der Waals surface area contributed by atoms with Gasteiger partial charge in [0.15, 0.2) is 23.0 Å². The third-order valence-corrected chi connectivity index (χ3v) is 8.63. The molecule has 0 fully saturated rings. The molecule has 5 rings (SSSR count). The SMILES string of the molecule is CCCCCCN(NCCc1ccc(O)c(OC)c1)C1CCc2c(ccc(OCc3ccccc3)c2OCc2ccccc2)C1.Cl.Cl. The van der Waals surface area contributed by atoms with Crippen LogP contribution < -0.4 is 19.6 Å². The molecule has 6 nitrogen and oxygen atoms in total. The van der Waals surface area contributed by atoms with Gasteiger partial charge in [0.1, 0.15) is 13.2 Å². The Labute approximate surface area is 293 Å². The minimum absolute atomic E-state index is 0. The molecule has 47 heavy (non-hydrogen) atoms. The summed E-state index contributed by atoms with van der Waals surface area (Å²) in [6.07, 6.45) is 8.71. The summed E-state index contributed by atoms with van der Waals surface area (Å²) in [5.41, 5.74) is 9.82. The summed E-state index contributed by atoms with van der Waals surface area (Å²) in [5, 5.41) is 12.5. The average molecular weight is 682 g/mol. The number of benzene rings is 4. The van der Waals surface area contributed by atoms with Gasteiger partial charge in [0.25, 0.3) is 0 Å². The van der Waals surface area contributed by atoms with Gasteiger partial charge in [-0.15, -0.1) is 24.8 Å². The zero-order valence-electron chi connectivity index (χ0n) is 27.7. The molecule has 0 saturated heterocycles. The van der Waals surface area contributed by atoms with E-state index in [1.54, 1.807) is 13.2 Å². The Hall–Kier alpha value is -3.42. The van der Waals surface area contributed by atoms with Gasteiger partial charge in [0, 0.05) is 24.7 Å². The maximum absolute atomic E-state index is 9.98. The molecule has 2 N–H and O–H groups in total. The quantitative estimate of drug-likeness (QED) is 0.0858. The van der Waals surface area contributed by atoms with Gasteiger partial charge in [-0.2, -0.15) is 0 Å². The molecule has 0 heterocycles. The summed E-state index contributed by atoms with van der Waals surface area (Å²) in [4.78, 5) is 0. The zero-order chi connectivity index (χ0) is 31.3. The Bertz CT molecular complexity index is 1470. The maximum atomic E-state index is 9.98. The summed E-state index contributed by atoms with van der Waals surface area (Å²) >= 11 is 0. The number of unbranched alkanes of at least 4 members (excludes halogenated alkanes) is 3. The predicted molar refractivity (Wildman–Crippen MR) is 196 cm³/mol. The first kappa shape index (κ1) is 38.0. The molecule has 0 aromatic heterocycles. The molecular formula is C39H50Cl2N2O4. The Balaban J connectivity index is 0.00000300. The highest BCUT2D eigenvalue weighted by molar-refractivity contribution is 5.85. The number of nitrogens with one attached hydrogen (secondary N) is 1. The number of nitrogens with zero attached hydrogens (tertiary/aromatic N) is 1. The van der Waals surface area contributed by atoms with Crippen molar-refractivity contribution in [2.24, 2.45) is 0 Å². The lowest BCUT2D eigenvalue weighted by molar-refractivity contribution is 0.109. The van der Waals surface area contributed by atoms with Crippen LogP contribution in [0.4, 0.5) is 0 Å². The van der Waals surface area contributed by atoms with Crippen molar-refractivity contribution in [1.29, 1.82) is 0 Å². The van der Waals surface area contributed by atoms with Crippen LogP contribution in [0, 0.1) is 0 Å². The number of ether oxygens (including phenoxy) is 3. The maximum Gasteiger partial charge on any atom is 0.165 e. The van der Waals surface area contributed by atoms with Crippen LogP contribution in [0.15, 0.2) is 91.0 Å². The highest BCUT2D eigenvalue weighted by Gasteiger charge is 2.28. The second-order valence-corrected chi connectivity index (χ2v) is 11.9. The lowest BCUT2D eigenvalue weighted by Gasteiger charge is -2.36. The van der Waals surface area contributed by atoms with Gasteiger partial charge in [0.05, 0.1) is 7.11 Å². The summed E-state index contributed by atoms with van der Waals surface area (Å²) in [5.74, 6) is 2.39. The van der Waals surface area contributed by atoms with Gasteiger partial charge in [-0.1, -0.05) is 99.0 Å². The molecule has 4 aromatic rings. The molecule has 254 valence electrons. The second kappa shape index (κ2) is 20.1. The Kier molecular flexibility index (Phi) is 16.2. The summed E-state index contributed by atoms with van der Waals surface area (Å²) in [6, 6.07) is 31.0. The van der Waals surface area contributed by atoms with E-state index in [0.717, 1.165) is 67.0 Å². The number of fused-ring (bicyclic) bond motifs is 1. The number of halogens is 2. The zero-order valence-corrected chi connectivity index (χ0v) is 29.3. The number of methoxy groups -OCH3 is 1. The summed E-state index contributed by atoms with van der Waals surface area (Å²) in [7, 11) is 1.59. The van der Waals surface area contributed by atoms with Crippen molar-refractivity contribution in [3.63, 3.8) is 0 Å². The lowest BCUT2D eigenvalue weighted by atomic mass is 9.87. The van der Waals surface area contributed by atoms with Crippen LogP contribution in [0.1, 0.15) is 66.8 Å². The second-order valence-electron chi connectivity index (χ2n) is 11.9. The standard InChI is InChI=1S/C39H48N2O4.2ClH/c1-3-4-5-12-25-41(40-24-23-30-17-21-36(42)38(26-30)43-2)34-19-20-35-33(27-34)18-22-37(44-28-31-13-8-6-9-14-31)39(35)45-29-32-15-10-7-11-16-32;;/h6-11,13-18,21-22,26,34,40,42H,3-5,12,19-20,23-25,27-29H2,1-2H3;2*1H. The first-order chi connectivity index (χ1) is 22.1. The average Bonchev–Trinajstić information content (AvgIpc) is 3.09. The number of phenolic OH excluding ortho intramolecular Hbond substituents is 1. The third-order valence-electron chi connectivity index (χ3n) is 8.63. The molecule has 1 aliphatic carbocycles. The van der Waals surface area contributed by atoms with Gasteiger partial charge in [-0.25, -0.2) is 5.01 Å². The number of phenols is 1. The van der Waals surface area contributed by atoms with Crippen molar-refractivity contribution >= 4 is 24.8 Å². The normalized spacial score (nSPS) is 13.6. The van der Waals surface area contributed by atoms with Crippen molar-refractivity contribution < 1.29 is 19.3 Å². The lowest BCUT2D eigenvalue weighted by Crippen LogP contribution is -2.49. The topological polar surface area (TPSA) is 63.2 Å². The van der Waals surface area contributed by atoms with Gasteiger partial charge in [0.2, 0.25) is 0 Å². The summed E-state index contributed by atoms with van der Waals surface area (Å²) in [6.45, 7) is 5.12. The number of hydrazine groups is 1. The number of aromatic hydroxyl groups is 1. The molecule has 0 radical (unpaired) electrons. The minimum atomic E-state index is 0. The number of hydrogen-bond donors (Lipinski definition) is 2. The number of rotatable bonds is 17. The molecule has 0 bridgehead atoms. The monoisotopic (exact) mass is 680 g/mol. The predicted octanol–water partition coefficient (Wildman–Crippen LogP) is 8.89. The Morgan fingerprint density at radius 3 is 2.17 bits per heavy atom. The van der Waals surface area contributed by atoms with E-state index < -0.39 is 0 Å². The van der Waals surface area contributed by atoms with Crippen LogP contribution in [-0.4, -0.2) is 36.4 Å². The van der Waals surface area contributed by atoms with Crippen LogP contribution in [0.3, 0.4) is 0 Å². The van der Waals surface area contributed by atoms with E-state index in [-0.39, 0.29) is 30.6 Å². The Morgan fingerprint density at radius 1 is 0.787 bits per heavy atom. The fourth-order valence-corrected chi connectivity index (χ4v) is 6.10. The van der Waals surface area contributed by atoms with Crippen LogP contribution in [0.25, 0.3) is 0 Å². The molecule has 0 amide bonds. The van der Waals surface area contributed by atoms with Gasteiger partial charge >= 0.3 is 0 Å². The first-order valence-electron chi connectivity index (χ1n) is 16.5. The Morgan fingerprint density at radius 2 is 1.49 bits per heavy atom. The fourth-order valence-electron chi connectivity index (χ4n) is 6.10.